The second kappa shape index (κ2) is 4.59. The SMILES string of the molecule is Cc1ccsc1C(=O)Nc1ccc(Cl)nn1. The van der Waals surface area contributed by atoms with Crippen molar-refractivity contribution in [1.82, 2.24) is 10.2 Å². The van der Waals surface area contributed by atoms with E-state index in [1.807, 2.05) is 18.4 Å². The van der Waals surface area contributed by atoms with E-state index in [-0.39, 0.29) is 5.91 Å². The first-order valence-corrected chi connectivity index (χ1v) is 5.77. The Morgan fingerprint density at radius 2 is 2.19 bits per heavy atom. The van der Waals surface area contributed by atoms with E-state index in [1.54, 1.807) is 12.1 Å². The van der Waals surface area contributed by atoms with E-state index in [1.165, 1.54) is 11.3 Å². The summed E-state index contributed by atoms with van der Waals surface area (Å²) in [5.41, 5.74) is 0.949. The molecule has 0 atom stereocenters. The van der Waals surface area contributed by atoms with Crippen LogP contribution >= 0.6 is 22.9 Å². The van der Waals surface area contributed by atoms with Crippen molar-refractivity contribution in [3.63, 3.8) is 0 Å². The summed E-state index contributed by atoms with van der Waals surface area (Å²) in [5, 5.41) is 12.2. The molecule has 6 heteroatoms. The third kappa shape index (κ3) is 2.37. The average Bonchev–Trinajstić information content (AvgIpc) is 2.68. The molecule has 0 fully saturated rings. The highest BCUT2D eigenvalue weighted by atomic mass is 35.5. The molecule has 0 spiro atoms. The van der Waals surface area contributed by atoms with Gasteiger partial charge in [0.1, 0.15) is 0 Å². The van der Waals surface area contributed by atoms with Gasteiger partial charge >= 0.3 is 0 Å². The first-order valence-electron chi connectivity index (χ1n) is 4.51. The number of amides is 1. The van der Waals surface area contributed by atoms with Crippen LogP contribution in [-0.2, 0) is 0 Å². The predicted octanol–water partition coefficient (Wildman–Crippen LogP) is 2.75. The van der Waals surface area contributed by atoms with E-state index in [2.05, 4.69) is 15.5 Å². The molecule has 4 nitrogen and oxygen atoms in total. The summed E-state index contributed by atoms with van der Waals surface area (Å²) in [4.78, 5) is 12.5. The van der Waals surface area contributed by atoms with Gasteiger partial charge in [0.25, 0.3) is 5.91 Å². The molecule has 2 rings (SSSR count). The van der Waals surface area contributed by atoms with Crippen LogP contribution in [0.5, 0.6) is 0 Å². The molecule has 1 amide bonds. The number of rotatable bonds is 2. The van der Waals surface area contributed by atoms with Crippen molar-refractivity contribution in [3.8, 4) is 0 Å². The van der Waals surface area contributed by atoms with Gasteiger partial charge in [-0.25, -0.2) is 0 Å². The van der Waals surface area contributed by atoms with Crippen molar-refractivity contribution >= 4 is 34.7 Å². The van der Waals surface area contributed by atoms with Crippen LogP contribution in [0.4, 0.5) is 5.82 Å². The fourth-order valence-corrected chi connectivity index (χ4v) is 2.08. The topological polar surface area (TPSA) is 54.9 Å². The molecule has 16 heavy (non-hydrogen) atoms. The number of hydrogen-bond acceptors (Lipinski definition) is 4. The van der Waals surface area contributed by atoms with Crippen molar-refractivity contribution in [1.29, 1.82) is 0 Å². The predicted molar refractivity (Wildman–Crippen MR) is 64.1 cm³/mol. The zero-order valence-electron chi connectivity index (χ0n) is 8.40. The minimum atomic E-state index is -0.177. The lowest BCUT2D eigenvalue weighted by atomic mass is 10.3. The summed E-state index contributed by atoms with van der Waals surface area (Å²) < 4.78 is 0. The maximum absolute atomic E-state index is 11.8. The summed E-state index contributed by atoms with van der Waals surface area (Å²) in [6.07, 6.45) is 0. The Labute approximate surface area is 101 Å². The van der Waals surface area contributed by atoms with E-state index in [9.17, 15) is 4.79 Å². The molecule has 0 saturated carbocycles. The fourth-order valence-electron chi connectivity index (χ4n) is 1.16. The van der Waals surface area contributed by atoms with Crippen LogP contribution in [0, 0.1) is 6.92 Å². The van der Waals surface area contributed by atoms with Crippen LogP contribution in [0.2, 0.25) is 5.15 Å². The van der Waals surface area contributed by atoms with Crippen molar-refractivity contribution < 1.29 is 4.79 Å². The number of halogens is 1. The van der Waals surface area contributed by atoms with E-state index < -0.39 is 0 Å². The Morgan fingerprint density at radius 3 is 2.75 bits per heavy atom. The van der Waals surface area contributed by atoms with Gasteiger partial charge in [-0.05, 0) is 36.1 Å². The normalized spacial score (nSPS) is 10.1. The van der Waals surface area contributed by atoms with E-state index in [0.29, 0.717) is 15.8 Å². The average molecular weight is 254 g/mol. The molecule has 0 aliphatic rings. The Hall–Kier alpha value is -1.46. The molecular formula is C10H8ClN3OS. The van der Waals surface area contributed by atoms with Gasteiger partial charge < -0.3 is 5.32 Å². The Morgan fingerprint density at radius 1 is 1.38 bits per heavy atom. The van der Waals surface area contributed by atoms with Crippen LogP contribution in [-0.4, -0.2) is 16.1 Å². The minimum Gasteiger partial charge on any atom is -0.304 e. The lowest BCUT2D eigenvalue weighted by Crippen LogP contribution is -2.12. The Bertz CT molecular complexity index is 509. The zero-order valence-corrected chi connectivity index (χ0v) is 9.97. The maximum atomic E-state index is 11.8. The summed E-state index contributed by atoms with van der Waals surface area (Å²) in [6, 6.07) is 5.08. The van der Waals surface area contributed by atoms with Crippen molar-refractivity contribution in [3.05, 3.63) is 39.2 Å². The molecule has 2 heterocycles. The molecule has 0 saturated heterocycles. The Balaban J connectivity index is 2.14. The van der Waals surface area contributed by atoms with Gasteiger partial charge in [0.15, 0.2) is 11.0 Å². The summed E-state index contributed by atoms with van der Waals surface area (Å²) in [5.74, 6) is 0.214. The van der Waals surface area contributed by atoms with E-state index in [4.69, 9.17) is 11.6 Å². The molecule has 0 radical (unpaired) electrons. The number of thiophene rings is 1. The first-order chi connectivity index (χ1) is 7.66. The van der Waals surface area contributed by atoms with Gasteiger partial charge in [0.05, 0.1) is 4.88 Å². The van der Waals surface area contributed by atoms with Gasteiger partial charge in [-0.15, -0.1) is 21.5 Å². The molecule has 0 aromatic carbocycles. The Kier molecular flexibility index (Phi) is 3.17. The summed E-state index contributed by atoms with van der Waals surface area (Å²) in [7, 11) is 0. The van der Waals surface area contributed by atoms with Crippen LogP contribution < -0.4 is 5.32 Å². The standard InChI is InChI=1S/C10H8ClN3OS/c1-6-4-5-16-9(6)10(15)12-8-3-2-7(11)13-14-8/h2-5H,1H3,(H,12,14,15). The largest absolute Gasteiger partial charge is 0.304 e. The smallest absolute Gasteiger partial charge is 0.267 e. The maximum Gasteiger partial charge on any atom is 0.267 e. The molecule has 0 unspecified atom stereocenters. The molecule has 0 bridgehead atoms. The number of carbonyl (C=O) groups is 1. The van der Waals surface area contributed by atoms with Gasteiger partial charge in [0.2, 0.25) is 0 Å². The third-order valence-electron chi connectivity index (χ3n) is 1.94. The van der Waals surface area contributed by atoms with Gasteiger partial charge in [-0.3, -0.25) is 4.79 Å². The highest BCUT2D eigenvalue weighted by molar-refractivity contribution is 7.12. The number of hydrogen-bond donors (Lipinski definition) is 1. The lowest BCUT2D eigenvalue weighted by Gasteiger charge is -2.02. The van der Waals surface area contributed by atoms with Crippen molar-refractivity contribution in [2.75, 3.05) is 5.32 Å². The van der Waals surface area contributed by atoms with E-state index in [0.717, 1.165) is 5.56 Å². The monoisotopic (exact) mass is 253 g/mol. The number of anilines is 1. The number of carbonyl (C=O) groups excluding carboxylic acids is 1. The lowest BCUT2D eigenvalue weighted by molar-refractivity contribution is 0.102. The second-order valence-corrected chi connectivity index (χ2v) is 4.43. The molecule has 82 valence electrons. The summed E-state index contributed by atoms with van der Waals surface area (Å²) in [6.45, 7) is 1.89. The highest BCUT2D eigenvalue weighted by Gasteiger charge is 2.11. The quantitative estimate of drug-likeness (QED) is 0.895. The number of nitrogens with zero attached hydrogens (tertiary/aromatic N) is 2. The molecule has 2 aromatic heterocycles. The van der Waals surface area contributed by atoms with Gasteiger partial charge in [0, 0.05) is 0 Å². The number of aryl methyl sites for hydroxylation is 1. The highest BCUT2D eigenvalue weighted by Crippen LogP contribution is 2.17. The van der Waals surface area contributed by atoms with Gasteiger partial charge in [-0.1, -0.05) is 11.6 Å². The minimum absolute atomic E-state index is 0.177. The van der Waals surface area contributed by atoms with Crippen LogP contribution in [0.3, 0.4) is 0 Å². The number of aromatic nitrogens is 2. The van der Waals surface area contributed by atoms with Crippen LogP contribution in [0.25, 0.3) is 0 Å². The molecule has 0 aliphatic heterocycles. The molecule has 0 aliphatic carbocycles. The first kappa shape index (κ1) is 11.0. The fraction of sp³-hybridized carbons (Fsp3) is 0.100. The number of nitrogens with one attached hydrogen (secondary N) is 1. The van der Waals surface area contributed by atoms with Gasteiger partial charge in [-0.2, -0.15) is 0 Å². The molecular weight excluding hydrogens is 246 g/mol. The van der Waals surface area contributed by atoms with Crippen molar-refractivity contribution in [2.24, 2.45) is 0 Å². The molecule has 1 N–H and O–H groups in total. The second-order valence-electron chi connectivity index (χ2n) is 3.13. The zero-order chi connectivity index (χ0) is 11.5. The molecule has 2 aromatic rings. The van der Waals surface area contributed by atoms with Crippen molar-refractivity contribution in [2.45, 2.75) is 6.92 Å². The van der Waals surface area contributed by atoms with Crippen LogP contribution in [0.15, 0.2) is 23.6 Å². The van der Waals surface area contributed by atoms with E-state index >= 15 is 0 Å². The van der Waals surface area contributed by atoms with Crippen LogP contribution in [0.1, 0.15) is 15.2 Å². The third-order valence-corrected chi connectivity index (χ3v) is 3.16. The summed E-state index contributed by atoms with van der Waals surface area (Å²) >= 11 is 6.98.